The van der Waals surface area contributed by atoms with E-state index in [0.29, 0.717) is 6.54 Å². The Hall–Kier alpha value is -2.21. The van der Waals surface area contributed by atoms with Crippen molar-refractivity contribution >= 4 is 27.8 Å². The number of carboxylic acid groups (broad SMARTS) is 1. The molecule has 0 aliphatic carbocycles. The van der Waals surface area contributed by atoms with E-state index in [9.17, 15) is 9.59 Å². The Morgan fingerprint density at radius 1 is 1.20 bits per heavy atom. The van der Waals surface area contributed by atoms with Crippen molar-refractivity contribution < 1.29 is 14.7 Å². The highest BCUT2D eigenvalue weighted by Gasteiger charge is 2.10. The predicted octanol–water partition coefficient (Wildman–Crippen LogP) is 2.47. The zero-order valence-corrected chi connectivity index (χ0v) is 11.9. The standard InChI is InChI=1S/C14H11BrN2O3/c15-12-3-1-2-9(4-12)6-17-13(18)10-5-11(14(19)20)8-16-7-10/h1-5,7-8H,6H2,(H,17,18)(H,19,20). The van der Waals surface area contributed by atoms with Crippen LogP contribution in [0, 0.1) is 0 Å². The average molecular weight is 335 g/mol. The van der Waals surface area contributed by atoms with E-state index in [-0.39, 0.29) is 17.0 Å². The highest BCUT2D eigenvalue weighted by Crippen LogP contribution is 2.11. The number of aromatic carboxylic acids is 1. The first-order chi connectivity index (χ1) is 9.56. The third-order valence-corrected chi connectivity index (χ3v) is 3.08. The quantitative estimate of drug-likeness (QED) is 0.900. The molecule has 6 heteroatoms. The summed E-state index contributed by atoms with van der Waals surface area (Å²) in [5.41, 5.74) is 1.15. The molecule has 0 aliphatic heterocycles. The molecule has 0 aliphatic rings. The number of nitrogens with zero attached hydrogens (tertiary/aromatic N) is 1. The number of amides is 1. The summed E-state index contributed by atoms with van der Waals surface area (Å²) >= 11 is 3.35. The van der Waals surface area contributed by atoms with Gasteiger partial charge in [0.2, 0.25) is 0 Å². The van der Waals surface area contributed by atoms with Crippen LogP contribution in [0.4, 0.5) is 0 Å². The lowest BCUT2D eigenvalue weighted by atomic mass is 10.2. The largest absolute Gasteiger partial charge is 0.478 e. The number of halogens is 1. The molecule has 1 aromatic carbocycles. The minimum Gasteiger partial charge on any atom is -0.478 e. The third-order valence-electron chi connectivity index (χ3n) is 2.59. The molecule has 0 saturated carbocycles. The normalized spacial score (nSPS) is 10.1. The molecule has 102 valence electrons. The van der Waals surface area contributed by atoms with Crippen molar-refractivity contribution in [1.29, 1.82) is 0 Å². The number of carbonyl (C=O) groups is 2. The Labute approximate surface area is 123 Å². The molecule has 1 amide bonds. The number of carbonyl (C=O) groups excluding carboxylic acids is 1. The van der Waals surface area contributed by atoms with Gasteiger partial charge in [0.1, 0.15) is 0 Å². The summed E-state index contributed by atoms with van der Waals surface area (Å²) in [6, 6.07) is 8.85. The summed E-state index contributed by atoms with van der Waals surface area (Å²) < 4.78 is 0.929. The monoisotopic (exact) mass is 334 g/mol. The lowest BCUT2D eigenvalue weighted by molar-refractivity contribution is 0.0696. The number of carboxylic acids is 1. The van der Waals surface area contributed by atoms with Crippen LogP contribution in [0.1, 0.15) is 26.3 Å². The molecule has 0 unspecified atom stereocenters. The highest BCUT2D eigenvalue weighted by atomic mass is 79.9. The smallest absolute Gasteiger partial charge is 0.337 e. The minimum atomic E-state index is -1.11. The van der Waals surface area contributed by atoms with E-state index in [0.717, 1.165) is 10.0 Å². The second kappa shape index (κ2) is 6.29. The van der Waals surface area contributed by atoms with Crippen LogP contribution in [0.2, 0.25) is 0 Å². The van der Waals surface area contributed by atoms with Crippen LogP contribution in [-0.2, 0) is 6.54 Å². The molecule has 2 rings (SSSR count). The minimum absolute atomic E-state index is 0.0138. The van der Waals surface area contributed by atoms with Crippen LogP contribution in [0.25, 0.3) is 0 Å². The van der Waals surface area contributed by atoms with E-state index in [1.165, 1.54) is 18.5 Å². The fourth-order valence-electron chi connectivity index (χ4n) is 1.61. The van der Waals surface area contributed by atoms with Crippen molar-refractivity contribution in [2.24, 2.45) is 0 Å². The lowest BCUT2D eigenvalue weighted by Gasteiger charge is -2.06. The van der Waals surface area contributed by atoms with E-state index < -0.39 is 5.97 Å². The van der Waals surface area contributed by atoms with Crippen LogP contribution >= 0.6 is 15.9 Å². The van der Waals surface area contributed by atoms with Gasteiger partial charge in [-0.2, -0.15) is 0 Å². The molecular weight excluding hydrogens is 324 g/mol. The molecular formula is C14H11BrN2O3. The number of aromatic nitrogens is 1. The molecule has 1 aromatic heterocycles. The van der Waals surface area contributed by atoms with Crippen molar-refractivity contribution in [2.75, 3.05) is 0 Å². The SMILES string of the molecule is O=C(O)c1cncc(C(=O)NCc2cccc(Br)c2)c1. The molecule has 0 radical (unpaired) electrons. The fourth-order valence-corrected chi connectivity index (χ4v) is 2.06. The number of hydrogen-bond donors (Lipinski definition) is 2. The van der Waals surface area contributed by atoms with Gasteiger partial charge in [-0.1, -0.05) is 28.1 Å². The summed E-state index contributed by atoms with van der Waals surface area (Å²) in [7, 11) is 0. The summed E-state index contributed by atoms with van der Waals surface area (Å²) in [5, 5.41) is 11.6. The van der Waals surface area contributed by atoms with Gasteiger partial charge in [-0.15, -0.1) is 0 Å². The Balaban J connectivity index is 2.05. The van der Waals surface area contributed by atoms with Gasteiger partial charge < -0.3 is 10.4 Å². The van der Waals surface area contributed by atoms with Crippen molar-refractivity contribution in [3.63, 3.8) is 0 Å². The first-order valence-electron chi connectivity index (χ1n) is 5.77. The molecule has 0 fully saturated rings. The Bertz CT molecular complexity index is 658. The van der Waals surface area contributed by atoms with Gasteiger partial charge in [0, 0.05) is 23.4 Å². The van der Waals surface area contributed by atoms with Crippen LogP contribution in [0.15, 0.2) is 47.2 Å². The van der Waals surface area contributed by atoms with Gasteiger partial charge in [0.25, 0.3) is 5.91 Å². The van der Waals surface area contributed by atoms with Gasteiger partial charge in [0.05, 0.1) is 11.1 Å². The second-order valence-corrected chi connectivity index (χ2v) is 5.00. The van der Waals surface area contributed by atoms with E-state index in [4.69, 9.17) is 5.11 Å². The van der Waals surface area contributed by atoms with Crippen LogP contribution in [-0.4, -0.2) is 22.0 Å². The maximum absolute atomic E-state index is 11.9. The van der Waals surface area contributed by atoms with Gasteiger partial charge >= 0.3 is 5.97 Å². The maximum atomic E-state index is 11.9. The molecule has 0 atom stereocenters. The van der Waals surface area contributed by atoms with Gasteiger partial charge in [0.15, 0.2) is 0 Å². The van der Waals surface area contributed by atoms with Crippen LogP contribution in [0.3, 0.4) is 0 Å². The Morgan fingerprint density at radius 3 is 2.65 bits per heavy atom. The Morgan fingerprint density at radius 2 is 1.95 bits per heavy atom. The lowest BCUT2D eigenvalue weighted by Crippen LogP contribution is -2.23. The molecule has 1 heterocycles. The first-order valence-corrected chi connectivity index (χ1v) is 6.56. The van der Waals surface area contributed by atoms with Crippen molar-refractivity contribution in [1.82, 2.24) is 10.3 Å². The van der Waals surface area contributed by atoms with E-state index in [1.807, 2.05) is 24.3 Å². The number of hydrogen-bond acceptors (Lipinski definition) is 3. The summed E-state index contributed by atoms with van der Waals surface area (Å²) in [4.78, 5) is 26.5. The number of nitrogens with one attached hydrogen (secondary N) is 1. The number of benzene rings is 1. The molecule has 2 N–H and O–H groups in total. The predicted molar refractivity (Wildman–Crippen MR) is 76.5 cm³/mol. The molecule has 20 heavy (non-hydrogen) atoms. The van der Waals surface area contributed by atoms with Gasteiger partial charge in [-0.25, -0.2) is 4.79 Å². The van der Waals surface area contributed by atoms with E-state index >= 15 is 0 Å². The first kappa shape index (κ1) is 14.2. The van der Waals surface area contributed by atoms with Crippen molar-refractivity contribution in [3.8, 4) is 0 Å². The van der Waals surface area contributed by atoms with E-state index in [1.54, 1.807) is 0 Å². The van der Waals surface area contributed by atoms with Gasteiger partial charge in [-0.05, 0) is 23.8 Å². The topological polar surface area (TPSA) is 79.3 Å². The zero-order valence-electron chi connectivity index (χ0n) is 10.3. The molecule has 0 spiro atoms. The Kier molecular flexibility index (Phi) is 4.47. The number of pyridine rings is 1. The van der Waals surface area contributed by atoms with Crippen molar-refractivity contribution in [2.45, 2.75) is 6.54 Å². The third kappa shape index (κ3) is 3.64. The molecule has 2 aromatic rings. The van der Waals surface area contributed by atoms with Crippen molar-refractivity contribution in [3.05, 3.63) is 63.9 Å². The van der Waals surface area contributed by atoms with Crippen LogP contribution < -0.4 is 5.32 Å². The summed E-state index contributed by atoms with van der Waals surface area (Å²) in [6.07, 6.45) is 2.54. The second-order valence-electron chi connectivity index (χ2n) is 4.08. The van der Waals surface area contributed by atoms with E-state index in [2.05, 4.69) is 26.2 Å². The molecule has 5 nitrogen and oxygen atoms in total. The zero-order chi connectivity index (χ0) is 14.5. The average Bonchev–Trinajstić information content (AvgIpc) is 2.45. The highest BCUT2D eigenvalue weighted by molar-refractivity contribution is 9.10. The number of rotatable bonds is 4. The maximum Gasteiger partial charge on any atom is 0.337 e. The molecule has 0 saturated heterocycles. The fraction of sp³-hybridized carbons (Fsp3) is 0.0714. The molecule has 0 bridgehead atoms. The summed E-state index contributed by atoms with van der Waals surface area (Å²) in [6.45, 7) is 0.357. The summed E-state index contributed by atoms with van der Waals surface area (Å²) in [5.74, 6) is -1.47. The van der Waals surface area contributed by atoms with Gasteiger partial charge in [-0.3, -0.25) is 9.78 Å². The van der Waals surface area contributed by atoms with Crippen LogP contribution in [0.5, 0.6) is 0 Å².